The van der Waals surface area contributed by atoms with Crippen LogP contribution in [0, 0.1) is 0 Å². The van der Waals surface area contributed by atoms with Crippen molar-refractivity contribution in [3.05, 3.63) is 41.6 Å². The van der Waals surface area contributed by atoms with Gasteiger partial charge in [0.15, 0.2) is 6.29 Å². The molecule has 1 fully saturated rings. The molecule has 1 aromatic carbocycles. The Labute approximate surface area is 143 Å². The van der Waals surface area contributed by atoms with Crippen LogP contribution in [0.25, 0.3) is 0 Å². The Bertz CT molecular complexity index is 739. The maximum Gasteiger partial charge on any atom is 0.249 e. The smallest absolute Gasteiger partial charge is 0.249 e. The van der Waals surface area contributed by atoms with E-state index in [9.17, 15) is 24.0 Å². The zero-order valence-electron chi connectivity index (χ0n) is 13.5. The molecule has 1 atom stereocenters. The van der Waals surface area contributed by atoms with Gasteiger partial charge < -0.3 is 10.2 Å². The first-order chi connectivity index (χ1) is 11.9. The van der Waals surface area contributed by atoms with Crippen LogP contribution in [0.15, 0.2) is 36.0 Å². The Morgan fingerprint density at radius 2 is 1.92 bits per heavy atom. The van der Waals surface area contributed by atoms with E-state index in [0.29, 0.717) is 23.8 Å². The van der Waals surface area contributed by atoms with Crippen molar-refractivity contribution in [3.63, 3.8) is 0 Å². The Balaban J connectivity index is 2.07. The molecule has 1 aliphatic rings. The van der Waals surface area contributed by atoms with Crippen LogP contribution in [0.1, 0.15) is 23.2 Å². The number of nitrogens with one attached hydrogen (secondary N) is 2. The van der Waals surface area contributed by atoms with Gasteiger partial charge in [0, 0.05) is 30.8 Å². The molecule has 2 N–H and O–H groups in total. The number of amides is 3. The molecule has 1 aliphatic heterocycles. The van der Waals surface area contributed by atoms with Gasteiger partial charge in [-0.3, -0.25) is 29.3 Å². The molecule has 8 heteroatoms. The van der Waals surface area contributed by atoms with Crippen molar-refractivity contribution in [1.29, 1.82) is 0 Å². The SMILES string of the molecule is CN(C(=O)/C=C(\C=O)Nc1ccc(C=O)cc1)C1CCC(=O)NC1=O. The highest BCUT2D eigenvalue weighted by molar-refractivity contribution is 6.03. The van der Waals surface area contributed by atoms with Gasteiger partial charge in [-0.25, -0.2) is 0 Å². The lowest BCUT2D eigenvalue weighted by Crippen LogP contribution is -2.52. The summed E-state index contributed by atoms with van der Waals surface area (Å²) in [6.07, 6.45) is 2.63. The van der Waals surface area contributed by atoms with E-state index < -0.39 is 17.9 Å². The lowest BCUT2D eigenvalue weighted by atomic mass is 10.0. The number of nitrogens with zero attached hydrogens (tertiary/aromatic N) is 1. The quantitative estimate of drug-likeness (QED) is 0.435. The molecule has 0 aromatic heterocycles. The Morgan fingerprint density at radius 1 is 1.24 bits per heavy atom. The maximum atomic E-state index is 12.3. The van der Waals surface area contributed by atoms with Crippen molar-refractivity contribution in [2.24, 2.45) is 0 Å². The van der Waals surface area contributed by atoms with Crippen LogP contribution in [0.3, 0.4) is 0 Å². The number of hydrogen-bond donors (Lipinski definition) is 2. The van der Waals surface area contributed by atoms with Crippen molar-refractivity contribution in [3.8, 4) is 0 Å². The second kappa shape index (κ2) is 8.00. The number of piperidine rings is 1. The summed E-state index contributed by atoms with van der Waals surface area (Å²) in [4.78, 5) is 58.2. The second-order valence-electron chi connectivity index (χ2n) is 5.50. The summed E-state index contributed by atoms with van der Waals surface area (Å²) < 4.78 is 0. The van der Waals surface area contributed by atoms with Gasteiger partial charge in [-0.15, -0.1) is 0 Å². The van der Waals surface area contributed by atoms with Gasteiger partial charge in [0.1, 0.15) is 12.3 Å². The minimum atomic E-state index is -0.763. The summed E-state index contributed by atoms with van der Waals surface area (Å²) in [5.41, 5.74) is 1.01. The average molecular weight is 343 g/mol. The first-order valence-corrected chi connectivity index (χ1v) is 7.54. The standard InChI is InChI=1S/C17H17N3O5/c1-20(14-6-7-15(23)19-17(14)25)16(24)8-13(10-22)18-12-4-2-11(9-21)3-5-12/h2-5,8-10,14,18H,6-7H2,1H3,(H,19,23,25)/b13-8+. The van der Waals surface area contributed by atoms with Crippen LogP contribution in [-0.2, 0) is 19.2 Å². The first kappa shape index (κ1) is 18.1. The fourth-order valence-electron chi connectivity index (χ4n) is 2.35. The number of hydrogen-bond acceptors (Lipinski definition) is 6. The molecule has 130 valence electrons. The van der Waals surface area contributed by atoms with Gasteiger partial charge in [0.25, 0.3) is 0 Å². The van der Waals surface area contributed by atoms with E-state index >= 15 is 0 Å². The number of aldehydes is 2. The number of benzene rings is 1. The van der Waals surface area contributed by atoms with E-state index in [1.54, 1.807) is 24.3 Å². The molecule has 0 saturated carbocycles. The number of carbonyl (C=O) groups excluding carboxylic acids is 5. The van der Waals surface area contributed by atoms with E-state index in [-0.39, 0.29) is 24.4 Å². The third-order valence-electron chi connectivity index (χ3n) is 3.77. The summed E-state index contributed by atoms with van der Waals surface area (Å²) in [5, 5.41) is 4.94. The predicted molar refractivity (Wildman–Crippen MR) is 88.5 cm³/mol. The number of allylic oxidation sites excluding steroid dienone is 1. The summed E-state index contributed by atoms with van der Waals surface area (Å²) in [5.74, 6) is -1.45. The second-order valence-corrected chi connectivity index (χ2v) is 5.50. The average Bonchev–Trinajstić information content (AvgIpc) is 2.61. The maximum absolute atomic E-state index is 12.3. The first-order valence-electron chi connectivity index (χ1n) is 7.54. The summed E-state index contributed by atoms with van der Waals surface area (Å²) in [6.45, 7) is 0. The molecule has 25 heavy (non-hydrogen) atoms. The van der Waals surface area contributed by atoms with E-state index in [2.05, 4.69) is 10.6 Å². The Kier molecular flexibility index (Phi) is 5.78. The van der Waals surface area contributed by atoms with E-state index in [0.717, 1.165) is 6.08 Å². The Morgan fingerprint density at radius 3 is 2.48 bits per heavy atom. The van der Waals surface area contributed by atoms with Crippen LogP contribution in [0.5, 0.6) is 0 Å². The van der Waals surface area contributed by atoms with Gasteiger partial charge in [-0.1, -0.05) is 0 Å². The van der Waals surface area contributed by atoms with Gasteiger partial charge in [-0.05, 0) is 30.7 Å². The van der Waals surface area contributed by atoms with Crippen LogP contribution >= 0.6 is 0 Å². The van der Waals surface area contributed by atoms with E-state index in [4.69, 9.17) is 0 Å². The molecular formula is C17H17N3O5. The lowest BCUT2D eigenvalue weighted by molar-refractivity contribution is -0.142. The third kappa shape index (κ3) is 4.60. The van der Waals surface area contributed by atoms with Gasteiger partial charge in [0.2, 0.25) is 17.7 Å². The highest BCUT2D eigenvalue weighted by Gasteiger charge is 2.31. The van der Waals surface area contributed by atoms with Crippen LogP contribution < -0.4 is 10.6 Å². The number of anilines is 1. The Hall–Kier alpha value is -3.29. The molecule has 3 amide bonds. The zero-order chi connectivity index (χ0) is 18.4. The number of imide groups is 1. The highest BCUT2D eigenvalue weighted by atomic mass is 16.2. The molecule has 2 rings (SSSR count). The predicted octanol–water partition coefficient (Wildman–Crippen LogP) is 0.257. The van der Waals surface area contributed by atoms with Gasteiger partial charge >= 0.3 is 0 Å². The molecule has 0 spiro atoms. The summed E-state index contributed by atoms with van der Waals surface area (Å²) in [6, 6.07) is 5.55. The molecule has 8 nitrogen and oxygen atoms in total. The normalized spacial score (nSPS) is 17.5. The zero-order valence-corrected chi connectivity index (χ0v) is 13.5. The highest BCUT2D eigenvalue weighted by Crippen LogP contribution is 2.13. The molecule has 0 aliphatic carbocycles. The van der Waals surface area contributed by atoms with Crippen LogP contribution in [0.4, 0.5) is 5.69 Å². The van der Waals surface area contributed by atoms with E-state index in [1.807, 2.05) is 0 Å². The monoisotopic (exact) mass is 343 g/mol. The number of likely N-dealkylation sites (N-methyl/N-ethyl adjacent to an activating group) is 1. The molecule has 1 aromatic rings. The van der Waals surface area contributed by atoms with Crippen LogP contribution in [0.2, 0.25) is 0 Å². The summed E-state index contributed by atoms with van der Waals surface area (Å²) >= 11 is 0. The molecule has 1 unspecified atom stereocenters. The molecule has 0 bridgehead atoms. The molecule has 0 radical (unpaired) electrons. The molecule has 1 heterocycles. The van der Waals surface area contributed by atoms with Crippen molar-refractivity contribution in [1.82, 2.24) is 10.2 Å². The topological polar surface area (TPSA) is 113 Å². The fourth-order valence-corrected chi connectivity index (χ4v) is 2.35. The van der Waals surface area contributed by atoms with Crippen molar-refractivity contribution >= 4 is 36.0 Å². The third-order valence-corrected chi connectivity index (χ3v) is 3.77. The largest absolute Gasteiger partial charge is 0.353 e. The molecule has 1 saturated heterocycles. The number of carbonyl (C=O) groups is 5. The summed E-state index contributed by atoms with van der Waals surface area (Å²) in [7, 11) is 1.43. The molecular weight excluding hydrogens is 326 g/mol. The van der Waals surface area contributed by atoms with Gasteiger partial charge in [-0.2, -0.15) is 0 Å². The van der Waals surface area contributed by atoms with Gasteiger partial charge in [0.05, 0.1) is 5.70 Å². The van der Waals surface area contributed by atoms with Crippen molar-refractivity contribution in [2.45, 2.75) is 18.9 Å². The van der Waals surface area contributed by atoms with E-state index in [1.165, 1.54) is 11.9 Å². The lowest BCUT2D eigenvalue weighted by Gasteiger charge is -2.29. The van der Waals surface area contributed by atoms with Crippen LogP contribution in [-0.4, -0.2) is 48.3 Å². The minimum Gasteiger partial charge on any atom is -0.353 e. The number of rotatable bonds is 6. The minimum absolute atomic E-state index is 0.00278. The van der Waals surface area contributed by atoms with Crippen molar-refractivity contribution < 1.29 is 24.0 Å². The van der Waals surface area contributed by atoms with Crippen molar-refractivity contribution in [2.75, 3.05) is 12.4 Å². The fraction of sp³-hybridized carbons (Fsp3) is 0.235.